The molecule has 0 bridgehead atoms. The normalized spacial score (nSPS) is 14.1. The van der Waals surface area contributed by atoms with E-state index in [4.69, 9.17) is 0 Å². The molecule has 2 aromatic carbocycles. The maximum Gasteiger partial charge on any atom is 0.269 e. The van der Waals surface area contributed by atoms with Crippen molar-refractivity contribution in [2.75, 3.05) is 27.2 Å². The van der Waals surface area contributed by atoms with Crippen LogP contribution in [0, 0.1) is 5.82 Å². The van der Waals surface area contributed by atoms with E-state index in [1.54, 1.807) is 31.3 Å². The summed E-state index contributed by atoms with van der Waals surface area (Å²) in [4.78, 5) is 30.7. The van der Waals surface area contributed by atoms with Crippen LogP contribution in [0.1, 0.15) is 29.4 Å². The summed E-state index contributed by atoms with van der Waals surface area (Å²) >= 11 is 0. The van der Waals surface area contributed by atoms with Gasteiger partial charge >= 0.3 is 0 Å². The van der Waals surface area contributed by atoms with E-state index in [9.17, 15) is 9.59 Å². The lowest BCUT2D eigenvalue weighted by Gasteiger charge is -2.27. The van der Waals surface area contributed by atoms with Crippen molar-refractivity contribution in [3.63, 3.8) is 0 Å². The number of aromatic nitrogens is 3. The fourth-order valence-corrected chi connectivity index (χ4v) is 4.41. The zero-order chi connectivity index (χ0) is 23.3. The number of amides is 2. The molecule has 1 aliphatic heterocycles. The number of halogens is 1. The Bertz CT molecular complexity index is 1450. The molecule has 1 aliphatic rings. The van der Waals surface area contributed by atoms with Crippen LogP contribution in [0.3, 0.4) is 0 Å². The zero-order valence-electron chi connectivity index (χ0n) is 18.7. The third-order valence-electron chi connectivity index (χ3n) is 6.18. The second-order valence-corrected chi connectivity index (χ2v) is 8.59. The van der Waals surface area contributed by atoms with Crippen LogP contribution in [-0.4, -0.2) is 64.0 Å². The van der Waals surface area contributed by atoms with Gasteiger partial charge in [-0.1, -0.05) is 12.1 Å². The summed E-state index contributed by atoms with van der Waals surface area (Å²) in [6.45, 7) is 2.50. The smallest absolute Gasteiger partial charge is 0.269 e. The maximum absolute atomic E-state index is 15.8. The molecule has 0 spiro atoms. The predicted octanol–water partition coefficient (Wildman–Crippen LogP) is 4.19. The molecule has 2 amide bonds. The standard InChI is InChI=1S/C25H24FN5O2/c1-14(32)31-8-4-5-16(13-31)19-10-18(15-6-7-21-17(9-15)12-27-29-21)20-11-22(25(33)30(2)3)28-24(20)23(19)26/h5-7,9-12,28H,4,8,13H2,1-3H3,(H,27,29). The number of benzene rings is 2. The molecule has 8 heteroatoms. The van der Waals surface area contributed by atoms with E-state index in [2.05, 4.69) is 15.2 Å². The molecule has 2 aromatic heterocycles. The molecule has 2 N–H and O–H groups in total. The van der Waals surface area contributed by atoms with Crippen LogP contribution in [0.2, 0.25) is 0 Å². The first-order chi connectivity index (χ1) is 15.8. The second-order valence-electron chi connectivity index (χ2n) is 8.59. The lowest BCUT2D eigenvalue weighted by atomic mass is 9.93. The summed E-state index contributed by atoms with van der Waals surface area (Å²) in [5.74, 6) is -0.693. The molecule has 7 nitrogen and oxygen atoms in total. The van der Waals surface area contributed by atoms with Gasteiger partial charge in [0.2, 0.25) is 5.91 Å². The second kappa shape index (κ2) is 7.88. The van der Waals surface area contributed by atoms with Gasteiger partial charge in [0.15, 0.2) is 5.82 Å². The minimum atomic E-state index is -0.424. The van der Waals surface area contributed by atoms with E-state index in [1.807, 2.05) is 30.3 Å². The summed E-state index contributed by atoms with van der Waals surface area (Å²) in [6, 6.07) is 9.41. The molecule has 168 valence electrons. The van der Waals surface area contributed by atoms with E-state index in [-0.39, 0.29) is 17.3 Å². The van der Waals surface area contributed by atoms with E-state index in [0.717, 1.165) is 27.6 Å². The van der Waals surface area contributed by atoms with Gasteiger partial charge in [-0.25, -0.2) is 4.39 Å². The number of hydrogen-bond donors (Lipinski definition) is 2. The number of rotatable bonds is 3. The highest BCUT2D eigenvalue weighted by Crippen LogP contribution is 2.37. The molecule has 3 heterocycles. The van der Waals surface area contributed by atoms with Gasteiger partial charge in [-0.05, 0) is 47.4 Å². The largest absolute Gasteiger partial charge is 0.348 e. The first kappa shape index (κ1) is 20.9. The highest BCUT2D eigenvalue weighted by atomic mass is 19.1. The number of hydrogen-bond acceptors (Lipinski definition) is 3. The minimum absolute atomic E-state index is 0.0357. The molecule has 0 fully saturated rings. The van der Waals surface area contributed by atoms with Crippen LogP contribution in [0.15, 0.2) is 42.6 Å². The van der Waals surface area contributed by atoms with Gasteiger partial charge in [-0.2, -0.15) is 5.10 Å². The van der Waals surface area contributed by atoms with E-state index in [1.165, 1.54) is 11.8 Å². The van der Waals surface area contributed by atoms with Crippen LogP contribution in [0.25, 0.3) is 38.5 Å². The summed E-state index contributed by atoms with van der Waals surface area (Å²) in [5.41, 5.74) is 4.39. The number of fused-ring (bicyclic) bond motifs is 2. The van der Waals surface area contributed by atoms with Gasteiger partial charge in [0.1, 0.15) is 5.69 Å². The van der Waals surface area contributed by atoms with E-state index in [0.29, 0.717) is 36.2 Å². The van der Waals surface area contributed by atoms with Gasteiger partial charge in [0.25, 0.3) is 5.91 Å². The van der Waals surface area contributed by atoms with Crippen molar-refractivity contribution in [1.29, 1.82) is 0 Å². The lowest BCUT2D eigenvalue weighted by molar-refractivity contribution is -0.128. The van der Waals surface area contributed by atoms with Gasteiger partial charge in [-0.3, -0.25) is 14.7 Å². The quantitative estimate of drug-likeness (QED) is 0.496. The Morgan fingerprint density at radius 3 is 2.73 bits per heavy atom. The monoisotopic (exact) mass is 445 g/mol. The summed E-state index contributed by atoms with van der Waals surface area (Å²) < 4.78 is 15.8. The maximum atomic E-state index is 15.8. The zero-order valence-corrected chi connectivity index (χ0v) is 18.7. The molecule has 0 radical (unpaired) electrons. The van der Waals surface area contributed by atoms with Crippen molar-refractivity contribution in [2.24, 2.45) is 0 Å². The highest BCUT2D eigenvalue weighted by molar-refractivity contribution is 6.05. The van der Waals surface area contributed by atoms with Crippen molar-refractivity contribution in [1.82, 2.24) is 25.0 Å². The third-order valence-corrected chi connectivity index (χ3v) is 6.18. The Morgan fingerprint density at radius 2 is 1.97 bits per heavy atom. The first-order valence-corrected chi connectivity index (χ1v) is 10.8. The van der Waals surface area contributed by atoms with E-state index < -0.39 is 5.82 Å². The Morgan fingerprint density at radius 1 is 1.15 bits per heavy atom. The summed E-state index contributed by atoms with van der Waals surface area (Å²) in [5, 5.41) is 8.59. The molecule has 0 atom stereocenters. The molecule has 33 heavy (non-hydrogen) atoms. The average molecular weight is 445 g/mol. The van der Waals surface area contributed by atoms with Gasteiger partial charge in [-0.15, -0.1) is 0 Å². The van der Waals surface area contributed by atoms with Crippen molar-refractivity contribution in [2.45, 2.75) is 13.3 Å². The molecule has 4 aromatic rings. The summed E-state index contributed by atoms with van der Waals surface area (Å²) in [6.07, 6.45) is 4.40. The summed E-state index contributed by atoms with van der Waals surface area (Å²) in [7, 11) is 3.32. The van der Waals surface area contributed by atoms with Crippen molar-refractivity contribution >= 4 is 39.2 Å². The molecule has 0 saturated heterocycles. The van der Waals surface area contributed by atoms with Crippen LogP contribution in [-0.2, 0) is 4.79 Å². The van der Waals surface area contributed by atoms with E-state index >= 15 is 4.39 Å². The van der Waals surface area contributed by atoms with Gasteiger partial charge in [0, 0.05) is 50.4 Å². The topological polar surface area (TPSA) is 85.1 Å². The lowest BCUT2D eigenvalue weighted by Crippen LogP contribution is -2.33. The van der Waals surface area contributed by atoms with Crippen LogP contribution in [0.4, 0.5) is 4.39 Å². The van der Waals surface area contributed by atoms with Crippen LogP contribution < -0.4 is 0 Å². The van der Waals surface area contributed by atoms with Crippen molar-refractivity contribution in [3.05, 3.63) is 59.7 Å². The first-order valence-electron chi connectivity index (χ1n) is 10.8. The number of carbonyl (C=O) groups is 2. The Kier molecular flexibility index (Phi) is 5.00. The van der Waals surface area contributed by atoms with Crippen molar-refractivity contribution < 1.29 is 14.0 Å². The van der Waals surface area contributed by atoms with Crippen molar-refractivity contribution in [3.8, 4) is 11.1 Å². The SMILES string of the molecule is CC(=O)N1CCC=C(c2cc(-c3ccc4[nH]ncc4c3)c3cc(C(=O)N(C)C)[nH]c3c2F)C1. The Hall–Kier alpha value is -3.94. The molecule has 0 unspecified atom stereocenters. The fourth-order valence-electron chi connectivity index (χ4n) is 4.41. The molecular formula is C25H24FN5O2. The molecular weight excluding hydrogens is 421 g/mol. The third kappa shape index (κ3) is 3.57. The number of nitrogens with zero attached hydrogens (tertiary/aromatic N) is 3. The molecule has 0 aliphatic carbocycles. The van der Waals surface area contributed by atoms with Gasteiger partial charge in [0.05, 0.1) is 17.2 Å². The van der Waals surface area contributed by atoms with Crippen LogP contribution in [0.5, 0.6) is 0 Å². The number of H-pyrrole nitrogens is 2. The van der Waals surface area contributed by atoms with Crippen LogP contribution >= 0.6 is 0 Å². The molecule has 5 rings (SSSR count). The highest BCUT2D eigenvalue weighted by Gasteiger charge is 2.24. The molecule has 0 saturated carbocycles. The fraction of sp³-hybridized carbons (Fsp3) is 0.240. The predicted molar refractivity (Wildman–Crippen MR) is 126 cm³/mol. The Labute approximate surface area is 189 Å². The number of nitrogens with one attached hydrogen (secondary N) is 2. The Balaban J connectivity index is 1.74. The average Bonchev–Trinajstić information content (AvgIpc) is 3.46. The van der Waals surface area contributed by atoms with Gasteiger partial charge < -0.3 is 14.8 Å². The minimum Gasteiger partial charge on any atom is -0.348 e. The number of carbonyl (C=O) groups excluding carboxylic acids is 2. The number of aromatic amines is 2.